The number of hydrogen-bond donors (Lipinski definition) is 0. The van der Waals surface area contributed by atoms with Crippen molar-refractivity contribution in [3.8, 4) is 0 Å². The van der Waals surface area contributed by atoms with Crippen LogP contribution in [-0.2, 0) is 14.2 Å². The van der Waals surface area contributed by atoms with Crippen LogP contribution < -0.4 is 0 Å². The lowest BCUT2D eigenvalue weighted by molar-refractivity contribution is 0.0843. The van der Waals surface area contributed by atoms with Crippen molar-refractivity contribution in [3.63, 3.8) is 0 Å². The van der Waals surface area contributed by atoms with E-state index in [9.17, 15) is 0 Å². The molecule has 1 atom stereocenters. The van der Waals surface area contributed by atoms with Crippen LogP contribution in [0.3, 0.4) is 0 Å². The largest absolute Gasteiger partial charge is 0.382 e. The van der Waals surface area contributed by atoms with Gasteiger partial charge in [0.2, 0.25) is 0 Å². The molecule has 1 saturated heterocycles. The normalized spacial score (nSPS) is 21.2. The number of ether oxygens (including phenoxy) is 3. The molecule has 0 saturated carbocycles. The van der Waals surface area contributed by atoms with Crippen molar-refractivity contribution in [1.29, 1.82) is 0 Å². The van der Waals surface area contributed by atoms with Gasteiger partial charge in [0.1, 0.15) is 0 Å². The summed E-state index contributed by atoms with van der Waals surface area (Å²) in [7, 11) is 0. The summed E-state index contributed by atoms with van der Waals surface area (Å²) in [6, 6.07) is 0. The molecule has 0 spiro atoms. The summed E-state index contributed by atoms with van der Waals surface area (Å²) in [6.45, 7) is 6.20. The quantitative estimate of drug-likeness (QED) is 0.409. The van der Waals surface area contributed by atoms with Crippen molar-refractivity contribution in [1.82, 2.24) is 0 Å². The summed E-state index contributed by atoms with van der Waals surface area (Å²) >= 11 is 0. The van der Waals surface area contributed by atoms with Crippen LogP contribution in [-0.4, -0.2) is 39.1 Å². The maximum Gasteiger partial charge on any atom is 0.0831 e. The first-order valence-electron chi connectivity index (χ1n) is 4.70. The zero-order chi connectivity index (χ0) is 8.65. The minimum Gasteiger partial charge on any atom is -0.382 e. The van der Waals surface area contributed by atoms with Crippen LogP contribution >= 0.6 is 0 Å². The molecule has 0 aromatic rings. The average Bonchev–Trinajstić information content (AvgIpc) is 2.87. The minimum absolute atomic E-state index is 0.497. The summed E-state index contributed by atoms with van der Waals surface area (Å²) in [6.07, 6.45) is 2.55. The van der Waals surface area contributed by atoms with Crippen molar-refractivity contribution < 1.29 is 14.2 Å². The van der Waals surface area contributed by atoms with Crippen LogP contribution in [0.4, 0.5) is 0 Å². The predicted molar refractivity (Wildman–Crippen MR) is 46.3 cm³/mol. The van der Waals surface area contributed by atoms with Gasteiger partial charge in [0, 0.05) is 26.4 Å². The molecule has 1 rings (SSSR count). The van der Waals surface area contributed by atoms with E-state index in [1.54, 1.807) is 0 Å². The van der Waals surface area contributed by atoms with Crippen molar-refractivity contribution in [2.24, 2.45) is 0 Å². The summed E-state index contributed by atoms with van der Waals surface area (Å²) in [5.74, 6) is 0. The molecule has 0 amide bonds. The maximum absolute atomic E-state index is 5.37. The van der Waals surface area contributed by atoms with E-state index >= 15 is 0 Å². The van der Waals surface area contributed by atoms with Gasteiger partial charge in [-0.05, 0) is 19.8 Å². The summed E-state index contributed by atoms with van der Waals surface area (Å²) < 4.78 is 15.6. The fourth-order valence-electron chi connectivity index (χ4n) is 0.959. The molecule has 72 valence electrons. The molecule has 0 aromatic heterocycles. The molecule has 0 bridgehead atoms. The number of rotatable bonds is 8. The van der Waals surface area contributed by atoms with E-state index in [1.807, 2.05) is 6.92 Å². The van der Waals surface area contributed by atoms with Gasteiger partial charge < -0.3 is 14.2 Å². The third kappa shape index (κ3) is 5.52. The third-order valence-corrected chi connectivity index (χ3v) is 1.77. The van der Waals surface area contributed by atoms with Crippen molar-refractivity contribution >= 4 is 0 Å². The lowest BCUT2D eigenvalue weighted by atomic mass is 10.3. The lowest BCUT2D eigenvalue weighted by Gasteiger charge is -2.02. The second-order valence-electron chi connectivity index (χ2n) is 2.91. The van der Waals surface area contributed by atoms with Gasteiger partial charge in [0.25, 0.3) is 0 Å². The Labute approximate surface area is 74.0 Å². The van der Waals surface area contributed by atoms with E-state index in [4.69, 9.17) is 14.2 Å². The Hall–Kier alpha value is -0.120. The molecule has 3 heteroatoms. The van der Waals surface area contributed by atoms with Gasteiger partial charge in [-0.2, -0.15) is 0 Å². The van der Waals surface area contributed by atoms with Crippen LogP contribution in [0.2, 0.25) is 0 Å². The first kappa shape index (κ1) is 9.96. The summed E-state index contributed by atoms with van der Waals surface area (Å²) in [5, 5.41) is 0. The highest BCUT2D eigenvalue weighted by atomic mass is 16.6. The lowest BCUT2D eigenvalue weighted by Crippen LogP contribution is -2.03. The van der Waals surface area contributed by atoms with Gasteiger partial charge in [0.05, 0.1) is 12.7 Å². The van der Waals surface area contributed by atoms with E-state index < -0.39 is 0 Å². The SMILES string of the molecule is CCOCCCOCCC1CO1. The topological polar surface area (TPSA) is 31.0 Å². The van der Waals surface area contributed by atoms with Gasteiger partial charge in [-0.25, -0.2) is 0 Å². The van der Waals surface area contributed by atoms with E-state index in [0.29, 0.717) is 6.10 Å². The number of epoxide rings is 1. The Balaban J connectivity index is 1.65. The molecule has 1 aliphatic heterocycles. The van der Waals surface area contributed by atoms with Crippen LogP contribution in [0.15, 0.2) is 0 Å². The van der Waals surface area contributed by atoms with E-state index in [0.717, 1.165) is 45.9 Å². The van der Waals surface area contributed by atoms with Crippen LogP contribution in [0.5, 0.6) is 0 Å². The Bertz CT molecular complexity index is 102. The Morgan fingerprint density at radius 2 is 2.00 bits per heavy atom. The highest BCUT2D eigenvalue weighted by Crippen LogP contribution is 2.12. The molecule has 1 unspecified atom stereocenters. The Morgan fingerprint density at radius 1 is 1.25 bits per heavy atom. The number of hydrogen-bond acceptors (Lipinski definition) is 3. The van der Waals surface area contributed by atoms with Gasteiger partial charge in [-0.15, -0.1) is 0 Å². The molecular formula is C9H18O3. The second kappa shape index (κ2) is 6.40. The molecule has 0 aliphatic carbocycles. The molecule has 1 fully saturated rings. The zero-order valence-corrected chi connectivity index (χ0v) is 7.75. The van der Waals surface area contributed by atoms with Crippen LogP contribution in [0.25, 0.3) is 0 Å². The molecule has 0 aromatic carbocycles. The first-order valence-corrected chi connectivity index (χ1v) is 4.70. The van der Waals surface area contributed by atoms with Crippen molar-refractivity contribution in [2.45, 2.75) is 25.9 Å². The summed E-state index contributed by atoms with van der Waals surface area (Å²) in [5.41, 5.74) is 0. The first-order chi connectivity index (χ1) is 5.93. The smallest absolute Gasteiger partial charge is 0.0831 e. The van der Waals surface area contributed by atoms with Gasteiger partial charge in [-0.1, -0.05) is 0 Å². The Kier molecular flexibility index (Phi) is 5.32. The minimum atomic E-state index is 0.497. The highest BCUT2D eigenvalue weighted by molar-refractivity contribution is 4.67. The van der Waals surface area contributed by atoms with Crippen molar-refractivity contribution in [2.75, 3.05) is 33.0 Å². The molecule has 1 heterocycles. The van der Waals surface area contributed by atoms with Gasteiger partial charge >= 0.3 is 0 Å². The predicted octanol–water partition coefficient (Wildman–Crippen LogP) is 1.22. The fraction of sp³-hybridized carbons (Fsp3) is 1.00. The van der Waals surface area contributed by atoms with E-state index in [1.165, 1.54) is 0 Å². The molecule has 0 N–H and O–H groups in total. The highest BCUT2D eigenvalue weighted by Gasteiger charge is 2.21. The molecule has 3 nitrogen and oxygen atoms in total. The zero-order valence-electron chi connectivity index (χ0n) is 7.75. The second-order valence-corrected chi connectivity index (χ2v) is 2.91. The van der Waals surface area contributed by atoms with E-state index in [2.05, 4.69) is 0 Å². The standard InChI is InChI=1S/C9H18O3/c1-2-10-5-3-6-11-7-4-9-8-12-9/h9H,2-8H2,1H3. The summed E-state index contributed by atoms with van der Waals surface area (Å²) in [4.78, 5) is 0. The molecule has 1 aliphatic rings. The maximum atomic E-state index is 5.37. The van der Waals surface area contributed by atoms with E-state index in [-0.39, 0.29) is 0 Å². The average molecular weight is 174 g/mol. The fourth-order valence-corrected chi connectivity index (χ4v) is 0.959. The van der Waals surface area contributed by atoms with Gasteiger partial charge in [-0.3, -0.25) is 0 Å². The Morgan fingerprint density at radius 3 is 2.67 bits per heavy atom. The third-order valence-electron chi connectivity index (χ3n) is 1.77. The van der Waals surface area contributed by atoms with Gasteiger partial charge in [0.15, 0.2) is 0 Å². The van der Waals surface area contributed by atoms with Crippen LogP contribution in [0.1, 0.15) is 19.8 Å². The van der Waals surface area contributed by atoms with Crippen LogP contribution in [0, 0.1) is 0 Å². The molecule has 12 heavy (non-hydrogen) atoms. The van der Waals surface area contributed by atoms with Crippen molar-refractivity contribution in [3.05, 3.63) is 0 Å². The molecule has 0 radical (unpaired) electrons. The molecular weight excluding hydrogens is 156 g/mol. The monoisotopic (exact) mass is 174 g/mol.